The number of rotatable bonds is 8. The van der Waals surface area contributed by atoms with E-state index in [2.05, 4.69) is 10.6 Å². The van der Waals surface area contributed by atoms with E-state index in [0.29, 0.717) is 6.42 Å². The maximum absolute atomic E-state index is 12.2. The minimum atomic E-state index is -1.13. The Labute approximate surface area is 125 Å². The number of carbonyl (C=O) groups excluding carboxylic acids is 2. The Hall–Kier alpha value is -1.63. The first-order valence-corrected chi connectivity index (χ1v) is 7.20. The summed E-state index contributed by atoms with van der Waals surface area (Å²) in [6.07, 6.45) is 0.663. The topological polar surface area (TPSA) is 122 Å². The molecule has 0 aliphatic heterocycles. The van der Waals surface area contributed by atoms with Crippen molar-refractivity contribution in [2.24, 2.45) is 17.6 Å². The monoisotopic (exact) mass is 301 g/mol. The van der Waals surface area contributed by atoms with Crippen LogP contribution in [0.25, 0.3) is 0 Å². The Morgan fingerprint density at radius 3 is 1.95 bits per heavy atom. The molecule has 2 amide bonds. The highest BCUT2D eigenvalue weighted by Crippen LogP contribution is 2.09. The number of amides is 2. The third kappa shape index (κ3) is 6.12. The van der Waals surface area contributed by atoms with Crippen molar-refractivity contribution < 1.29 is 19.5 Å². The second-order valence-corrected chi connectivity index (χ2v) is 5.71. The SMILES string of the molecule is CC[C@H](C)[C@H](NC(=O)[C@@H](N)C(C)C)C(=O)N[C@@H](C)C(=O)O. The molecule has 0 saturated heterocycles. The number of hydrogen-bond acceptors (Lipinski definition) is 4. The molecule has 0 aromatic rings. The van der Waals surface area contributed by atoms with Gasteiger partial charge in [-0.3, -0.25) is 14.4 Å². The van der Waals surface area contributed by atoms with Crippen molar-refractivity contribution in [1.82, 2.24) is 10.6 Å². The Bertz CT molecular complexity index is 384. The fourth-order valence-corrected chi connectivity index (χ4v) is 1.62. The summed E-state index contributed by atoms with van der Waals surface area (Å²) in [5.74, 6) is -2.23. The van der Waals surface area contributed by atoms with Crippen molar-refractivity contribution in [3.05, 3.63) is 0 Å². The molecule has 0 aromatic carbocycles. The fourth-order valence-electron chi connectivity index (χ4n) is 1.62. The van der Waals surface area contributed by atoms with Gasteiger partial charge in [-0.25, -0.2) is 0 Å². The number of hydrogen-bond donors (Lipinski definition) is 4. The summed E-state index contributed by atoms with van der Waals surface area (Å²) >= 11 is 0. The smallest absolute Gasteiger partial charge is 0.325 e. The van der Waals surface area contributed by atoms with Gasteiger partial charge in [0.1, 0.15) is 12.1 Å². The zero-order valence-electron chi connectivity index (χ0n) is 13.3. The molecule has 0 bridgehead atoms. The Kier molecular flexibility index (Phi) is 7.94. The third-order valence-electron chi connectivity index (χ3n) is 3.54. The zero-order valence-corrected chi connectivity index (χ0v) is 13.3. The summed E-state index contributed by atoms with van der Waals surface area (Å²) in [7, 11) is 0. The molecule has 4 atom stereocenters. The molecule has 0 heterocycles. The molecule has 0 aromatic heterocycles. The highest BCUT2D eigenvalue weighted by atomic mass is 16.4. The van der Waals surface area contributed by atoms with E-state index in [-0.39, 0.29) is 11.8 Å². The molecule has 0 aliphatic rings. The average Bonchev–Trinajstić information content (AvgIpc) is 2.41. The van der Waals surface area contributed by atoms with E-state index >= 15 is 0 Å². The highest BCUT2D eigenvalue weighted by Gasteiger charge is 2.30. The van der Waals surface area contributed by atoms with E-state index in [4.69, 9.17) is 10.8 Å². The second kappa shape index (κ2) is 8.61. The Morgan fingerprint density at radius 1 is 1.05 bits per heavy atom. The molecule has 0 spiro atoms. The van der Waals surface area contributed by atoms with Crippen molar-refractivity contribution in [2.75, 3.05) is 0 Å². The van der Waals surface area contributed by atoms with Gasteiger partial charge in [-0.2, -0.15) is 0 Å². The number of carboxylic acids is 1. The van der Waals surface area contributed by atoms with Crippen molar-refractivity contribution in [3.63, 3.8) is 0 Å². The van der Waals surface area contributed by atoms with Crippen LogP contribution in [0.2, 0.25) is 0 Å². The van der Waals surface area contributed by atoms with E-state index < -0.39 is 35.9 Å². The van der Waals surface area contributed by atoms with E-state index in [0.717, 1.165) is 0 Å². The van der Waals surface area contributed by atoms with Crippen LogP contribution >= 0.6 is 0 Å². The number of aliphatic carboxylic acids is 1. The lowest BCUT2D eigenvalue weighted by Crippen LogP contribution is -2.56. The van der Waals surface area contributed by atoms with Gasteiger partial charge in [0.2, 0.25) is 11.8 Å². The van der Waals surface area contributed by atoms with Gasteiger partial charge in [0, 0.05) is 0 Å². The summed E-state index contributed by atoms with van der Waals surface area (Å²) in [4.78, 5) is 35.0. The Balaban J connectivity index is 4.92. The summed E-state index contributed by atoms with van der Waals surface area (Å²) < 4.78 is 0. The van der Waals surface area contributed by atoms with Crippen molar-refractivity contribution in [3.8, 4) is 0 Å². The van der Waals surface area contributed by atoms with E-state index in [1.54, 1.807) is 0 Å². The normalized spacial score (nSPS) is 16.7. The molecule has 21 heavy (non-hydrogen) atoms. The first kappa shape index (κ1) is 19.4. The first-order valence-electron chi connectivity index (χ1n) is 7.20. The molecular formula is C14H27N3O4. The van der Waals surface area contributed by atoms with Crippen LogP contribution in [0.5, 0.6) is 0 Å². The first-order chi connectivity index (χ1) is 9.61. The lowest BCUT2D eigenvalue weighted by molar-refractivity contribution is -0.142. The van der Waals surface area contributed by atoms with E-state index in [1.165, 1.54) is 6.92 Å². The minimum absolute atomic E-state index is 0.0522. The number of nitrogens with one attached hydrogen (secondary N) is 2. The van der Waals surface area contributed by atoms with Crippen LogP contribution in [0.3, 0.4) is 0 Å². The number of nitrogens with two attached hydrogens (primary N) is 1. The molecule has 0 rings (SSSR count). The molecule has 7 nitrogen and oxygen atoms in total. The zero-order chi connectivity index (χ0) is 16.7. The predicted molar refractivity (Wildman–Crippen MR) is 79.4 cm³/mol. The van der Waals surface area contributed by atoms with Gasteiger partial charge < -0.3 is 21.5 Å². The van der Waals surface area contributed by atoms with Crippen LogP contribution in [-0.2, 0) is 14.4 Å². The van der Waals surface area contributed by atoms with Gasteiger partial charge in [-0.15, -0.1) is 0 Å². The Morgan fingerprint density at radius 2 is 1.57 bits per heavy atom. The maximum Gasteiger partial charge on any atom is 0.325 e. The summed E-state index contributed by atoms with van der Waals surface area (Å²) in [5.41, 5.74) is 5.76. The standard InChI is InChI=1S/C14H27N3O4/c1-6-8(4)11(13(19)16-9(5)14(20)21)17-12(18)10(15)7(2)3/h7-11H,6,15H2,1-5H3,(H,16,19)(H,17,18)(H,20,21)/t8-,9-,10-,11-/m0/s1. The van der Waals surface area contributed by atoms with Gasteiger partial charge in [-0.1, -0.05) is 34.1 Å². The summed E-state index contributed by atoms with van der Waals surface area (Å²) in [6, 6.07) is -2.52. The highest BCUT2D eigenvalue weighted by molar-refractivity contribution is 5.91. The lowest BCUT2D eigenvalue weighted by Gasteiger charge is -2.26. The molecular weight excluding hydrogens is 274 g/mol. The lowest BCUT2D eigenvalue weighted by atomic mass is 9.96. The van der Waals surface area contributed by atoms with Crippen LogP contribution in [0.1, 0.15) is 41.0 Å². The molecule has 0 radical (unpaired) electrons. The van der Waals surface area contributed by atoms with E-state index in [1.807, 2.05) is 27.7 Å². The van der Waals surface area contributed by atoms with Crippen LogP contribution in [-0.4, -0.2) is 41.0 Å². The largest absolute Gasteiger partial charge is 0.480 e. The predicted octanol–water partition coefficient (Wildman–Crippen LogP) is 0.0899. The van der Waals surface area contributed by atoms with Gasteiger partial charge in [0.05, 0.1) is 6.04 Å². The maximum atomic E-state index is 12.2. The minimum Gasteiger partial charge on any atom is -0.480 e. The molecule has 0 unspecified atom stereocenters. The molecule has 7 heteroatoms. The second-order valence-electron chi connectivity index (χ2n) is 5.71. The molecule has 122 valence electrons. The van der Waals surface area contributed by atoms with Gasteiger partial charge in [-0.05, 0) is 18.8 Å². The van der Waals surface area contributed by atoms with Crippen LogP contribution in [0, 0.1) is 11.8 Å². The summed E-state index contributed by atoms with van der Waals surface area (Å²) in [6.45, 7) is 8.71. The number of carboxylic acid groups (broad SMARTS) is 1. The van der Waals surface area contributed by atoms with Crippen LogP contribution < -0.4 is 16.4 Å². The molecule has 0 saturated carbocycles. The number of carbonyl (C=O) groups is 3. The quantitative estimate of drug-likeness (QED) is 0.506. The van der Waals surface area contributed by atoms with Crippen LogP contribution in [0.4, 0.5) is 0 Å². The van der Waals surface area contributed by atoms with Gasteiger partial charge in [0.25, 0.3) is 0 Å². The van der Waals surface area contributed by atoms with E-state index in [9.17, 15) is 14.4 Å². The summed E-state index contributed by atoms with van der Waals surface area (Å²) in [5, 5.41) is 13.8. The molecule has 5 N–H and O–H groups in total. The third-order valence-corrected chi connectivity index (χ3v) is 3.54. The average molecular weight is 301 g/mol. The molecule has 0 aliphatic carbocycles. The van der Waals surface area contributed by atoms with Gasteiger partial charge in [0.15, 0.2) is 0 Å². The van der Waals surface area contributed by atoms with Crippen molar-refractivity contribution in [2.45, 2.75) is 59.2 Å². The molecule has 0 fully saturated rings. The fraction of sp³-hybridized carbons (Fsp3) is 0.786. The van der Waals surface area contributed by atoms with Gasteiger partial charge >= 0.3 is 5.97 Å². The van der Waals surface area contributed by atoms with Crippen molar-refractivity contribution in [1.29, 1.82) is 0 Å². The van der Waals surface area contributed by atoms with Crippen LogP contribution in [0.15, 0.2) is 0 Å². The van der Waals surface area contributed by atoms with Crippen molar-refractivity contribution >= 4 is 17.8 Å².